The number of amidine groups is 1. The Morgan fingerprint density at radius 1 is 1.16 bits per heavy atom. The van der Waals surface area contributed by atoms with Gasteiger partial charge in [0.1, 0.15) is 11.9 Å². The number of hydrogen-bond acceptors (Lipinski definition) is 9. The first-order valence-corrected chi connectivity index (χ1v) is 15.6. The van der Waals surface area contributed by atoms with Crippen molar-refractivity contribution in [2.45, 2.75) is 36.9 Å². The minimum absolute atomic E-state index is 0.103. The summed E-state index contributed by atoms with van der Waals surface area (Å²) in [5.74, 6) is -0.0716. The molecule has 6 rings (SSSR count). The lowest BCUT2D eigenvalue weighted by atomic mass is 9.92. The molecule has 2 aliphatic rings. The molecule has 2 aromatic heterocycles. The number of nitrogens with one attached hydrogen (secondary N) is 1. The number of halogens is 4. The summed E-state index contributed by atoms with van der Waals surface area (Å²) in [5.41, 5.74) is 2.57. The van der Waals surface area contributed by atoms with Gasteiger partial charge in [0.05, 0.1) is 10.6 Å². The maximum atomic E-state index is 14.0. The molecule has 1 N–H and O–H groups in total. The Morgan fingerprint density at radius 2 is 1.93 bits per heavy atom. The van der Waals surface area contributed by atoms with Crippen LogP contribution in [0.3, 0.4) is 0 Å². The predicted molar refractivity (Wildman–Crippen MR) is 155 cm³/mol. The van der Waals surface area contributed by atoms with E-state index >= 15 is 0 Å². The molecule has 0 spiro atoms. The number of aryl methyl sites for hydroxylation is 1. The third-order valence-corrected chi connectivity index (χ3v) is 9.46. The van der Waals surface area contributed by atoms with Gasteiger partial charge in [0.25, 0.3) is 0 Å². The first kappa shape index (κ1) is 31.3. The van der Waals surface area contributed by atoms with Crippen LogP contribution in [0.5, 0.6) is 0 Å². The topological polar surface area (TPSA) is 127 Å². The highest BCUT2D eigenvalue weighted by atomic mass is 35.5. The van der Waals surface area contributed by atoms with E-state index < -0.39 is 34.5 Å². The molecule has 10 nitrogen and oxygen atoms in total. The van der Waals surface area contributed by atoms with Crippen LogP contribution in [-0.4, -0.2) is 52.7 Å². The van der Waals surface area contributed by atoms with Crippen molar-refractivity contribution in [1.29, 1.82) is 0 Å². The summed E-state index contributed by atoms with van der Waals surface area (Å²) >= 11 is 7.83. The molecule has 2 aliphatic heterocycles. The number of alkyl halides is 2. The fourth-order valence-corrected chi connectivity index (χ4v) is 7.35. The highest BCUT2D eigenvalue weighted by Gasteiger charge is 2.42. The second-order valence-electron chi connectivity index (χ2n) is 9.71. The van der Waals surface area contributed by atoms with Crippen LogP contribution in [0.15, 0.2) is 81.9 Å². The van der Waals surface area contributed by atoms with Crippen LogP contribution in [0.25, 0.3) is 5.57 Å². The summed E-state index contributed by atoms with van der Waals surface area (Å²) in [5, 5.41) is 6.57. The van der Waals surface area contributed by atoms with Crippen LogP contribution >= 0.6 is 22.9 Å². The van der Waals surface area contributed by atoms with E-state index in [9.17, 15) is 21.6 Å². The summed E-state index contributed by atoms with van der Waals surface area (Å²) in [6.45, 7) is -0.849. The molecule has 4 heterocycles. The van der Waals surface area contributed by atoms with Crippen LogP contribution < -0.4 is 4.72 Å². The Labute approximate surface area is 258 Å². The zero-order valence-electron chi connectivity index (χ0n) is 22.7. The van der Waals surface area contributed by atoms with E-state index in [2.05, 4.69) is 14.8 Å². The van der Waals surface area contributed by atoms with E-state index in [0.29, 0.717) is 32.4 Å². The van der Waals surface area contributed by atoms with Crippen LogP contribution in [0.4, 0.5) is 13.2 Å². The van der Waals surface area contributed by atoms with E-state index in [-0.39, 0.29) is 34.7 Å². The number of sulfonamides is 1. The first-order valence-electron chi connectivity index (χ1n) is 12.9. The number of hydrogen-bond donors (Lipinski definition) is 1. The quantitative estimate of drug-likeness (QED) is 0.288. The van der Waals surface area contributed by atoms with E-state index in [4.69, 9.17) is 26.2 Å². The standard InChI is InChI=1S/C27H22ClF3N6O2S2.CO2/c1-15-3-2-4-18(11-15)41(38,39)35-17-13-22-23(21-7-9-37(34-21)27(30)31)24(19-6-5-16(29)12-20(19)28)33-25(36(22)14-17)26-32-8-10-40-26;2-1-3/h2-12,17,24,27,35H,13-14H2,1H3;/t17-,24-;/m0./s1. The van der Waals surface area contributed by atoms with Crippen molar-refractivity contribution in [2.75, 3.05) is 6.54 Å². The van der Waals surface area contributed by atoms with Gasteiger partial charge in [0, 0.05) is 58.6 Å². The normalized spacial score (nSPS) is 18.0. The molecular formula is C28H22ClF3N6O4S2. The van der Waals surface area contributed by atoms with Gasteiger partial charge in [-0.1, -0.05) is 29.8 Å². The number of carbonyl (C=O) groups excluding carboxylic acids is 2. The van der Waals surface area contributed by atoms with Gasteiger partial charge in [-0.05, 0) is 42.8 Å². The third-order valence-electron chi connectivity index (χ3n) is 6.85. The molecule has 4 aromatic rings. The molecular weight excluding hydrogens is 641 g/mol. The van der Waals surface area contributed by atoms with Gasteiger partial charge in [0.15, 0.2) is 10.8 Å². The summed E-state index contributed by atoms with van der Waals surface area (Å²) < 4.78 is 71.0. The van der Waals surface area contributed by atoms with Crippen molar-refractivity contribution in [1.82, 2.24) is 24.4 Å². The summed E-state index contributed by atoms with van der Waals surface area (Å²) in [6, 6.07) is 10.5. The Hall–Kier alpha value is -4.14. The number of thiazole rings is 1. The second-order valence-corrected chi connectivity index (χ2v) is 12.7. The van der Waals surface area contributed by atoms with Crippen LogP contribution in [0.2, 0.25) is 5.02 Å². The zero-order valence-corrected chi connectivity index (χ0v) is 25.1. The number of aromatic nitrogens is 3. The number of fused-ring (bicyclic) bond motifs is 1. The molecule has 228 valence electrons. The van der Waals surface area contributed by atoms with Crippen molar-refractivity contribution < 1.29 is 31.2 Å². The van der Waals surface area contributed by atoms with E-state index in [1.807, 2.05) is 17.9 Å². The van der Waals surface area contributed by atoms with E-state index in [0.717, 1.165) is 17.8 Å². The summed E-state index contributed by atoms with van der Waals surface area (Å²) in [7, 11) is -3.88. The average Bonchev–Trinajstić information content (AvgIpc) is 3.74. The summed E-state index contributed by atoms with van der Waals surface area (Å²) in [4.78, 5) is 27.6. The lowest BCUT2D eigenvalue weighted by Crippen LogP contribution is -2.39. The maximum Gasteiger partial charge on any atom is 0.373 e. The van der Waals surface area contributed by atoms with Crippen molar-refractivity contribution in [3.63, 3.8) is 0 Å². The monoisotopic (exact) mass is 662 g/mol. The number of aliphatic imine (C=N–C) groups is 1. The number of benzene rings is 2. The Morgan fingerprint density at radius 3 is 2.57 bits per heavy atom. The molecule has 0 bridgehead atoms. The summed E-state index contributed by atoms with van der Waals surface area (Å²) in [6.07, 6.45) is 3.25. The molecule has 2 atom stereocenters. The lowest BCUT2D eigenvalue weighted by molar-refractivity contribution is -0.191. The molecule has 0 amide bonds. The van der Waals surface area contributed by atoms with Gasteiger partial charge in [-0.15, -0.1) is 11.3 Å². The smallest absolute Gasteiger partial charge is 0.326 e. The highest BCUT2D eigenvalue weighted by molar-refractivity contribution is 7.89. The Kier molecular flexibility index (Phi) is 9.13. The van der Waals surface area contributed by atoms with Crippen LogP contribution in [0.1, 0.15) is 40.8 Å². The molecule has 0 aliphatic carbocycles. The van der Waals surface area contributed by atoms with Gasteiger partial charge >= 0.3 is 12.7 Å². The molecule has 44 heavy (non-hydrogen) atoms. The van der Waals surface area contributed by atoms with Crippen molar-refractivity contribution in [2.24, 2.45) is 4.99 Å². The number of rotatable bonds is 7. The van der Waals surface area contributed by atoms with Crippen molar-refractivity contribution >= 4 is 50.5 Å². The van der Waals surface area contributed by atoms with Gasteiger partial charge in [-0.25, -0.2) is 27.2 Å². The minimum atomic E-state index is -3.88. The molecule has 16 heteroatoms. The fraction of sp³-hybridized carbons (Fsp3) is 0.214. The van der Waals surface area contributed by atoms with Gasteiger partial charge in [-0.2, -0.15) is 23.5 Å². The molecule has 0 saturated carbocycles. The van der Waals surface area contributed by atoms with Gasteiger partial charge in [-0.3, -0.25) is 4.99 Å². The lowest BCUT2D eigenvalue weighted by Gasteiger charge is -2.32. The molecule has 0 radical (unpaired) electrons. The SMILES string of the molecule is Cc1cccc(S(=O)(=O)N[C@H]2CC3=C(c4ccn(C(F)F)n4)[C@H](c4ccc(F)cc4Cl)N=C(c4nccs4)N3C2)c1.O=C=O. The van der Waals surface area contributed by atoms with Crippen LogP contribution in [0, 0.1) is 12.7 Å². The van der Waals surface area contributed by atoms with Crippen molar-refractivity contribution in [3.8, 4) is 0 Å². The maximum absolute atomic E-state index is 14.0. The predicted octanol–water partition coefficient (Wildman–Crippen LogP) is 5.22. The largest absolute Gasteiger partial charge is 0.373 e. The highest BCUT2D eigenvalue weighted by Crippen LogP contribution is 2.46. The molecule has 1 saturated heterocycles. The van der Waals surface area contributed by atoms with Crippen molar-refractivity contribution in [3.05, 3.63) is 105 Å². The van der Waals surface area contributed by atoms with E-state index in [1.165, 1.54) is 35.6 Å². The average molecular weight is 663 g/mol. The fourth-order valence-electron chi connectivity index (χ4n) is 5.10. The minimum Gasteiger partial charge on any atom is -0.326 e. The van der Waals surface area contributed by atoms with E-state index in [1.54, 1.807) is 23.7 Å². The number of nitrogens with zero attached hydrogens (tertiary/aromatic N) is 5. The second kappa shape index (κ2) is 12.8. The van der Waals surface area contributed by atoms with Crippen LogP contribution in [-0.2, 0) is 19.6 Å². The molecule has 1 fully saturated rings. The van der Waals surface area contributed by atoms with Gasteiger partial charge in [0.2, 0.25) is 10.0 Å². The third kappa shape index (κ3) is 6.37. The zero-order chi connectivity index (χ0) is 31.6. The molecule has 2 aromatic carbocycles. The van der Waals surface area contributed by atoms with Gasteiger partial charge < -0.3 is 4.90 Å². The molecule has 0 unspecified atom stereocenters. The Bertz CT molecular complexity index is 1890. The Balaban J connectivity index is 0.00000123. The first-order chi connectivity index (χ1) is 21.0.